The Morgan fingerprint density at radius 2 is 2.18 bits per heavy atom. The predicted octanol–water partition coefficient (Wildman–Crippen LogP) is 3.19. The quantitative estimate of drug-likeness (QED) is 0.902. The van der Waals surface area contributed by atoms with Gasteiger partial charge in [0.15, 0.2) is 0 Å². The standard InChI is InChI=1S/C14H20BrNO/c15-14-8-2-1-5-12(14)11-16-9-3-6-13(16)7-4-10-17/h1-2,5,8,13,17H,3-4,6-7,9-11H2. The van der Waals surface area contributed by atoms with Crippen molar-refractivity contribution in [1.29, 1.82) is 0 Å². The number of hydrogen-bond acceptors (Lipinski definition) is 2. The fraction of sp³-hybridized carbons (Fsp3) is 0.571. The monoisotopic (exact) mass is 297 g/mol. The minimum Gasteiger partial charge on any atom is -0.396 e. The molecule has 1 N–H and O–H groups in total. The molecule has 1 saturated heterocycles. The van der Waals surface area contributed by atoms with Gasteiger partial charge in [0.1, 0.15) is 0 Å². The summed E-state index contributed by atoms with van der Waals surface area (Å²) in [6.45, 7) is 2.54. The first-order valence-electron chi connectivity index (χ1n) is 6.39. The van der Waals surface area contributed by atoms with Crippen LogP contribution in [0.15, 0.2) is 28.7 Å². The Balaban J connectivity index is 1.95. The SMILES string of the molecule is OCCCC1CCCN1Cc1ccccc1Br. The average molecular weight is 298 g/mol. The van der Waals surface area contributed by atoms with Crippen LogP contribution in [0.25, 0.3) is 0 Å². The summed E-state index contributed by atoms with van der Waals surface area (Å²) in [6, 6.07) is 9.11. The molecule has 1 aliphatic rings. The maximum Gasteiger partial charge on any atom is 0.0431 e. The van der Waals surface area contributed by atoms with Gasteiger partial charge in [-0.05, 0) is 43.9 Å². The van der Waals surface area contributed by atoms with Crippen LogP contribution in [0.2, 0.25) is 0 Å². The highest BCUT2D eigenvalue weighted by molar-refractivity contribution is 9.10. The Kier molecular flexibility index (Phi) is 5.01. The van der Waals surface area contributed by atoms with Gasteiger partial charge in [0.25, 0.3) is 0 Å². The first-order chi connectivity index (χ1) is 8.31. The summed E-state index contributed by atoms with van der Waals surface area (Å²) >= 11 is 3.61. The molecule has 94 valence electrons. The van der Waals surface area contributed by atoms with Crippen LogP contribution in [0.5, 0.6) is 0 Å². The fourth-order valence-corrected chi connectivity index (χ4v) is 3.01. The van der Waals surface area contributed by atoms with E-state index in [2.05, 4.69) is 45.1 Å². The Bertz CT molecular complexity index is 356. The summed E-state index contributed by atoms with van der Waals surface area (Å²) in [5.74, 6) is 0. The van der Waals surface area contributed by atoms with Gasteiger partial charge in [0.05, 0.1) is 0 Å². The average Bonchev–Trinajstić information content (AvgIpc) is 2.77. The first kappa shape index (κ1) is 13.1. The fourth-order valence-electron chi connectivity index (χ4n) is 2.60. The lowest BCUT2D eigenvalue weighted by molar-refractivity contribution is 0.210. The molecule has 2 nitrogen and oxygen atoms in total. The lowest BCUT2D eigenvalue weighted by Gasteiger charge is -2.24. The zero-order chi connectivity index (χ0) is 12.1. The molecule has 1 fully saturated rings. The summed E-state index contributed by atoms with van der Waals surface area (Å²) in [4.78, 5) is 2.55. The van der Waals surface area contributed by atoms with Crippen molar-refractivity contribution in [1.82, 2.24) is 4.90 Å². The van der Waals surface area contributed by atoms with Crippen LogP contribution in [0.1, 0.15) is 31.2 Å². The van der Waals surface area contributed by atoms with E-state index >= 15 is 0 Å². The molecule has 1 atom stereocenters. The van der Waals surface area contributed by atoms with Crippen LogP contribution in [0.3, 0.4) is 0 Å². The highest BCUT2D eigenvalue weighted by Gasteiger charge is 2.24. The van der Waals surface area contributed by atoms with Gasteiger partial charge in [-0.2, -0.15) is 0 Å². The number of hydrogen-bond donors (Lipinski definition) is 1. The van der Waals surface area contributed by atoms with Crippen molar-refractivity contribution in [3.8, 4) is 0 Å². The van der Waals surface area contributed by atoms with Crippen molar-refractivity contribution in [3.05, 3.63) is 34.3 Å². The Hall–Kier alpha value is -0.380. The van der Waals surface area contributed by atoms with Gasteiger partial charge in [-0.15, -0.1) is 0 Å². The van der Waals surface area contributed by atoms with E-state index < -0.39 is 0 Å². The second-order valence-electron chi connectivity index (χ2n) is 4.72. The molecule has 0 amide bonds. The summed E-state index contributed by atoms with van der Waals surface area (Å²) in [5.41, 5.74) is 1.36. The number of likely N-dealkylation sites (tertiary alicyclic amines) is 1. The van der Waals surface area contributed by atoms with Crippen molar-refractivity contribution in [3.63, 3.8) is 0 Å². The minimum absolute atomic E-state index is 0.319. The molecule has 1 aromatic carbocycles. The van der Waals surface area contributed by atoms with E-state index in [0.29, 0.717) is 12.6 Å². The van der Waals surface area contributed by atoms with E-state index in [4.69, 9.17) is 5.11 Å². The van der Waals surface area contributed by atoms with E-state index in [9.17, 15) is 0 Å². The van der Waals surface area contributed by atoms with E-state index in [0.717, 1.165) is 19.4 Å². The van der Waals surface area contributed by atoms with Gasteiger partial charge in [-0.3, -0.25) is 4.90 Å². The van der Waals surface area contributed by atoms with Crippen LogP contribution in [-0.2, 0) is 6.54 Å². The van der Waals surface area contributed by atoms with Crippen molar-refractivity contribution in [2.45, 2.75) is 38.3 Å². The summed E-state index contributed by atoms with van der Waals surface area (Å²) in [6.07, 6.45) is 4.63. The molecule has 0 radical (unpaired) electrons. The predicted molar refractivity (Wildman–Crippen MR) is 73.9 cm³/mol. The molecule has 2 rings (SSSR count). The highest BCUT2D eigenvalue weighted by Crippen LogP contribution is 2.26. The molecular weight excluding hydrogens is 278 g/mol. The number of halogens is 1. The number of aliphatic hydroxyl groups excluding tert-OH is 1. The normalized spacial score (nSPS) is 20.9. The van der Waals surface area contributed by atoms with Crippen molar-refractivity contribution >= 4 is 15.9 Å². The second-order valence-corrected chi connectivity index (χ2v) is 5.58. The maximum atomic E-state index is 8.92. The van der Waals surface area contributed by atoms with Crippen LogP contribution in [0, 0.1) is 0 Å². The molecule has 0 spiro atoms. The molecule has 0 aromatic heterocycles. The zero-order valence-electron chi connectivity index (χ0n) is 10.1. The van der Waals surface area contributed by atoms with Gasteiger partial charge in [0.2, 0.25) is 0 Å². The number of benzene rings is 1. The molecule has 1 unspecified atom stereocenters. The van der Waals surface area contributed by atoms with Gasteiger partial charge in [-0.25, -0.2) is 0 Å². The molecule has 0 bridgehead atoms. The molecule has 0 aliphatic carbocycles. The molecule has 1 aliphatic heterocycles. The van der Waals surface area contributed by atoms with Crippen molar-refractivity contribution < 1.29 is 5.11 Å². The van der Waals surface area contributed by atoms with Crippen molar-refractivity contribution in [2.24, 2.45) is 0 Å². The Morgan fingerprint density at radius 3 is 2.94 bits per heavy atom. The molecule has 1 heterocycles. The number of aliphatic hydroxyl groups is 1. The smallest absolute Gasteiger partial charge is 0.0431 e. The third kappa shape index (κ3) is 3.54. The second kappa shape index (κ2) is 6.53. The highest BCUT2D eigenvalue weighted by atomic mass is 79.9. The van der Waals surface area contributed by atoms with Crippen LogP contribution in [0.4, 0.5) is 0 Å². The first-order valence-corrected chi connectivity index (χ1v) is 7.19. The van der Waals surface area contributed by atoms with E-state index in [1.165, 1.54) is 29.4 Å². The number of nitrogens with zero attached hydrogens (tertiary/aromatic N) is 1. The number of rotatable bonds is 5. The molecule has 0 saturated carbocycles. The zero-order valence-corrected chi connectivity index (χ0v) is 11.7. The molecular formula is C14H20BrNO. The topological polar surface area (TPSA) is 23.5 Å². The van der Waals surface area contributed by atoms with Gasteiger partial charge in [-0.1, -0.05) is 34.1 Å². The molecule has 17 heavy (non-hydrogen) atoms. The van der Waals surface area contributed by atoms with Gasteiger partial charge >= 0.3 is 0 Å². The van der Waals surface area contributed by atoms with Crippen LogP contribution in [-0.4, -0.2) is 29.2 Å². The summed E-state index contributed by atoms with van der Waals surface area (Å²) in [5, 5.41) is 8.92. The third-order valence-electron chi connectivity index (χ3n) is 3.53. The third-order valence-corrected chi connectivity index (χ3v) is 4.30. The Labute approximate surface area is 112 Å². The molecule has 3 heteroatoms. The Morgan fingerprint density at radius 1 is 1.35 bits per heavy atom. The largest absolute Gasteiger partial charge is 0.396 e. The van der Waals surface area contributed by atoms with Crippen LogP contribution >= 0.6 is 15.9 Å². The summed E-state index contributed by atoms with van der Waals surface area (Å²) < 4.78 is 1.20. The maximum absolute atomic E-state index is 8.92. The van der Waals surface area contributed by atoms with Gasteiger partial charge < -0.3 is 5.11 Å². The van der Waals surface area contributed by atoms with E-state index in [1.54, 1.807) is 0 Å². The van der Waals surface area contributed by atoms with E-state index in [1.807, 2.05) is 0 Å². The van der Waals surface area contributed by atoms with Gasteiger partial charge in [0, 0.05) is 23.7 Å². The summed E-state index contributed by atoms with van der Waals surface area (Å²) in [7, 11) is 0. The lowest BCUT2D eigenvalue weighted by atomic mass is 10.1. The lowest BCUT2D eigenvalue weighted by Crippen LogP contribution is -2.29. The van der Waals surface area contributed by atoms with Crippen LogP contribution < -0.4 is 0 Å². The minimum atomic E-state index is 0.319. The van der Waals surface area contributed by atoms with Crippen molar-refractivity contribution in [2.75, 3.05) is 13.2 Å². The molecule has 1 aromatic rings. The van der Waals surface area contributed by atoms with E-state index in [-0.39, 0.29) is 0 Å².